The number of rotatable bonds is 2. The van der Waals surface area contributed by atoms with Gasteiger partial charge in [0.2, 0.25) is 0 Å². The molecule has 3 rings (SSSR count). The van der Waals surface area contributed by atoms with Gasteiger partial charge < -0.3 is 10.1 Å². The second kappa shape index (κ2) is 4.38. The zero-order valence-electron chi connectivity index (χ0n) is 10.8. The molecular weight excluding hydrogens is 256 g/mol. The van der Waals surface area contributed by atoms with E-state index in [-0.39, 0.29) is 11.3 Å². The van der Waals surface area contributed by atoms with Crippen LogP contribution < -0.4 is 5.69 Å². The Balaban J connectivity index is 2.29. The van der Waals surface area contributed by atoms with E-state index in [1.165, 1.54) is 6.07 Å². The number of H-pyrrole nitrogens is 1. The number of aryl methyl sites for hydroxylation is 1. The molecule has 0 saturated carbocycles. The van der Waals surface area contributed by atoms with E-state index in [4.69, 9.17) is 5.11 Å². The molecule has 100 valence electrons. The van der Waals surface area contributed by atoms with Crippen LogP contribution in [0.25, 0.3) is 16.7 Å². The Kier molecular flexibility index (Phi) is 2.68. The molecule has 2 N–H and O–H groups in total. The molecule has 0 spiro atoms. The second-order valence-corrected chi connectivity index (χ2v) is 4.59. The van der Waals surface area contributed by atoms with Crippen molar-refractivity contribution in [3.63, 3.8) is 0 Å². The van der Waals surface area contributed by atoms with Gasteiger partial charge in [0.25, 0.3) is 0 Å². The van der Waals surface area contributed by atoms with Gasteiger partial charge in [-0.2, -0.15) is 0 Å². The van der Waals surface area contributed by atoms with Crippen LogP contribution >= 0.6 is 0 Å². The number of benzene rings is 2. The highest BCUT2D eigenvalue weighted by Gasteiger charge is 2.12. The number of carbonyl (C=O) groups is 1. The summed E-state index contributed by atoms with van der Waals surface area (Å²) in [6.45, 7) is 1.79. The summed E-state index contributed by atoms with van der Waals surface area (Å²) >= 11 is 0. The van der Waals surface area contributed by atoms with Gasteiger partial charge >= 0.3 is 11.7 Å². The van der Waals surface area contributed by atoms with Crippen molar-refractivity contribution >= 4 is 17.0 Å². The van der Waals surface area contributed by atoms with Gasteiger partial charge in [0.05, 0.1) is 22.3 Å². The van der Waals surface area contributed by atoms with Crippen molar-refractivity contribution in [2.75, 3.05) is 0 Å². The number of aromatic carboxylic acids is 1. The minimum Gasteiger partial charge on any atom is -0.478 e. The monoisotopic (exact) mass is 268 g/mol. The van der Waals surface area contributed by atoms with E-state index in [1.807, 2.05) is 24.3 Å². The maximum absolute atomic E-state index is 12.1. The van der Waals surface area contributed by atoms with Crippen molar-refractivity contribution < 1.29 is 9.90 Å². The van der Waals surface area contributed by atoms with Crippen LogP contribution in [0.5, 0.6) is 0 Å². The van der Waals surface area contributed by atoms with Crippen molar-refractivity contribution in [3.05, 3.63) is 64.1 Å². The first-order valence-electron chi connectivity index (χ1n) is 6.12. The summed E-state index contributed by atoms with van der Waals surface area (Å²) in [6, 6.07) is 12.1. The van der Waals surface area contributed by atoms with E-state index in [1.54, 1.807) is 23.6 Å². The van der Waals surface area contributed by atoms with Crippen molar-refractivity contribution in [1.29, 1.82) is 0 Å². The molecule has 0 amide bonds. The van der Waals surface area contributed by atoms with E-state index in [2.05, 4.69) is 4.98 Å². The zero-order chi connectivity index (χ0) is 14.3. The molecule has 5 nitrogen and oxygen atoms in total. The molecule has 0 atom stereocenters. The van der Waals surface area contributed by atoms with Gasteiger partial charge in [-0.15, -0.1) is 0 Å². The van der Waals surface area contributed by atoms with Gasteiger partial charge in [0.1, 0.15) is 0 Å². The number of hydrogen-bond acceptors (Lipinski definition) is 2. The summed E-state index contributed by atoms with van der Waals surface area (Å²) in [5.41, 5.74) is 2.90. The van der Waals surface area contributed by atoms with Crippen molar-refractivity contribution in [3.8, 4) is 5.69 Å². The first-order valence-corrected chi connectivity index (χ1v) is 6.12. The summed E-state index contributed by atoms with van der Waals surface area (Å²) in [4.78, 5) is 25.8. The van der Waals surface area contributed by atoms with Crippen LogP contribution in [0, 0.1) is 6.92 Å². The Morgan fingerprint density at radius 1 is 1.20 bits per heavy atom. The quantitative estimate of drug-likeness (QED) is 0.749. The third kappa shape index (κ3) is 1.80. The largest absolute Gasteiger partial charge is 0.478 e. The third-order valence-corrected chi connectivity index (χ3v) is 3.27. The Bertz CT molecular complexity index is 874. The van der Waals surface area contributed by atoms with Crippen LogP contribution in [-0.2, 0) is 0 Å². The predicted molar refractivity (Wildman–Crippen MR) is 75.6 cm³/mol. The van der Waals surface area contributed by atoms with Gasteiger partial charge in [-0.1, -0.05) is 12.1 Å². The molecule has 5 heteroatoms. The number of aromatic amines is 1. The number of carboxylic acid groups (broad SMARTS) is 1. The first kappa shape index (κ1) is 12.2. The van der Waals surface area contributed by atoms with Gasteiger partial charge in [0.15, 0.2) is 0 Å². The second-order valence-electron chi connectivity index (χ2n) is 4.59. The number of nitrogens with zero attached hydrogens (tertiary/aromatic N) is 1. The Morgan fingerprint density at radius 2 is 1.95 bits per heavy atom. The van der Waals surface area contributed by atoms with E-state index in [0.29, 0.717) is 5.69 Å². The van der Waals surface area contributed by atoms with E-state index in [0.717, 1.165) is 16.6 Å². The van der Waals surface area contributed by atoms with Gasteiger partial charge in [0, 0.05) is 0 Å². The van der Waals surface area contributed by atoms with Crippen LogP contribution in [-0.4, -0.2) is 20.6 Å². The highest BCUT2D eigenvalue weighted by Crippen LogP contribution is 2.19. The molecule has 3 aromatic rings. The highest BCUT2D eigenvalue weighted by molar-refractivity contribution is 5.88. The molecule has 0 fully saturated rings. The maximum Gasteiger partial charge on any atom is 0.335 e. The highest BCUT2D eigenvalue weighted by atomic mass is 16.4. The van der Waals surface area contributed by atoms with Crippen LogP contribution in [0.2, 0.25) is 0 Å². The van der Waals surface area contributed by atoms with Crippen LogP contribution in [0.1, 0.15) is 15.9 Å². The minimum atomic E-state index is -0.981. The van der Waals surface area contributed by atoms with Crippen molar-refractivity contribution in [2.24, 2.45) is 0 Å². The molecule has 0 aliphatic heterocycles. The summed E-state index contributed by atoms with van der Waals surface area (Å²) in [6.07, 6.45) is 0. The average molecular weight is 268 g/mol. The van der Waals surface area contributed by atoms with Crippen molar-refractivity contribution in [1.82, 2.24) is 9.55 Å². The minimum absolute atomic E-state index is 0.208. The fraction of sp³-hybridized carbons (Fsp3) is 0.0667. The molecule has 0 radical (unpaired) electrons. The predicted octanol–water partition coefficient (Wildman–Crippen LogP) is 2.33. The number of hydrogen-bond donors (Lipinski definition) is 2. The molecule has 2 aromatic carbocycles. The van der Waals surface area contributed by atoms with Crippen LogP contribution in [0.4, 0.5) is 0 Å². The summed E-state index contributed by atoms with van der Waals surface area (Å²) < 4.78 is 1.55. The summed E-state index contributed by atoms with van der Waals surface area (Å²) in [5, 5.41) is 8.98. The van der Waals surface area contributed by atoms with Gasteiger partial charge in [-0.25, -0.2) is 9.59 Å². The molecule has 0 aliphatic carbocycles. The van der Waals surface area contributed by atoms with Crippen molar-refractivity contribution in [2.45, 2.75) is 6.92 Å². The molecule has 0 aliphatic rings. The van der Waals surface area contributed by atoms with Crippen LogP contribution in [0.3, 0.4) is 0 Å². The zero-order valence-corrected chi connectivity index (χ0v) is 10.8. The normalized spacial score (nSPS) is 10.8. The third-order valence-electron chi connectivity index (χ3n) is 3.27. The Morgan fingerprint density at radius 3 is 2.65 bits per heavy atom. The SMILES string of the molecule is Cc1cc(C(=O)O)ccc1-n1c(=O)[nH]c2ccccc21. The molecule has 1 heterocycles. The maximum atomic E-state index is 12.1. The Hall–Kier alpha value is -2.82. The number of imidazole rings is 1. The summed E-state index contributed by atoms with van der Waals surface area (Å²) in [7, 11) is 0. The number of carboxylic acids is 1. The topological polar surface area (TPSA) is 75.1 Å². The van der Waals surface area contributed by atoms with E-state index < -0.39 is 5.97 Å². The van der Waals surface area contributed by atoms with Gasteiger partial charge in [-0.05, 0) is 42.8 Å². The number of aromatic nitrogens is 2. The fourth-order valence-corrected chi connectivity index (χ4v) is 2.33. The lowest BCUT2D eigenvalue weighted by atomic mass is 10.1. The molecule has 20 heavy (non-hydrogen) atoms. The number of para-hydroxylation sites is 2. The number of fused-ring (bicyclic) bond motifs is 1. The fourth-order valence-electron chi connectivity index (χ4n) is 2.33. The van der Waals surface area contributed by atoms with E-state index in [9.17, 15) is 9.59 Å². The molecule has 0 bridgehead atoms. The standard InChI is InChI=1S/C15H12N2O3/c1-9-8-10(14(18)19)6-7-12(9)17-13-5-3-2-4-11(13)16-15(17)20/h2-8H,1H3,(H,16,20)(H,18,19). The summed E-state index contributed by atoms with van der Waals surface area (Å²) in [5.74, 6) is -0.981. The lowest BCUT2D eigenvalue weighted by Crippen LogP contribution is -2.16. The van der Waals surface area contributed by atoms with E-state index >= 15 is 0 Å². The van der Waals surface area contributed by atoms with Gasteiger partial charge in [-0.3, -0.25) is 4.57 Å². The molecule has 0 saturated heterocycles. The number of nitrogens with one attached hydrogen (secondary N) is 1. The first-order chi connectivity index (χ1) is 9.58. The molecule has 0 unspecified atom stereocenters. The van der Waals surface area contributed by atoms with Crippen LogP contribution in [0.15, 0.2) is 47.3 Å². The lowest BCUT2D eigenvalue weighted by Gasteiger charge is -2.08. The lowest BCUT2D eigenvalue weighted by molar-refractivity contribution is 0.0697. The average Bonchev–Trinajstić information content (AvgIpc) is 2.74. The Labute approximate surface area is 114 Å². The molecule has 1 aromatic heterocycles. The molecular formula is C15H12N2O3. The smallest absolute Gasteiger partial charge is 0.335 e.